The minimum Gasteiger partial charge on any atom is -0.344 e. The van der Waals surface area contributed by atoms with Crippen molar-refractivity contribution in [3.8, 4) is 0 Å². The van der Waals surface area contributed by atoms with Crippen LogP contribution in [0.25, 0.3) is 0 Å². The van der Waals surface area contributed by atoms with Gasteiger partial charge in [0.25, 0.3) is 0 Å². The van der Waals surface area contributed by atoms with Crippen LogP contribution in [0.5, 0.6) is 0 Å². The van der Waals surface area contributed by atoms with Crippen molar-refractivity contribution in [3.63, 3.8) is 0 Å². The lowest BCUT2D eigenvalue weighted by atomic mass is 10.4. The molecule has 0 aromatic rings. The monoisotopic (exact) mass is 386 g/mol. The topological polar surface area (TPSA) is 117 Å². The van der Waals surface area contributed by atoms with Gasteiger partial charge in [0.2, 0.25) is 7.37 Å². The molecule has 0 spiro atoms. The lowest BCUT2D eigenvalue weighted by Crippen LogP contribution is -2.45. The summed E-state index contributed by atoms with van der Waals surface area (Å²) in [7, 11) is -7.30. The summed E-state index contributed by atoms with van der Waals surface area (Å²) in [5.41, 5.74) is 0. The molecule has 144 valence electrons. The Bertz CT molecular complexity index is 456. The first-order chi connectivity index (χ1) is 11.1. The number of hydrogen-bond acceptors (Lipinski definition) is 6. The van der Waals surface area contributed by atoms with Crippen molar-refractivity contribution in [2.45, 2.75) is 6.92 Å². The van der Waals surface area contributed by atoms with E-state index < -0.39 is 15.0 Å². The van der Waals surface area contributed by atoms with Crippen molar-refractivity contribution in [1.29, 1.82) is 0 Å². The number of rotatable bonds is 5. The Hall–Kier alpha value is 0.180. The predicted molar refractivity (Wildman–Crippen MR) is 95.7 cm³/mol. The maximum absolute atomic E-state index is 11.7. The number of hydrogen-bond donors (Lipinski definition) is 4. The Labute approximate surface area is 144 Å². The zero-order valence-corrected chi connectivity index (χ0v) is 16.5. The third-order valence-corrected chi connectivity index (χ3v) is 5.66. The first kappa shape index (κ1) is 22.2. The second-order valence-electron chi connectivity index (χ2n) is 6.42. The molecule has 0 bridgehead atoms. The molecule has 24 heavy (non-hydrogen) atoms. The Kier molecular flexibility index (Phi) is 9.59. The van der Waals surface area contributed by atoms with E-state index in [-0.39, 0.29) is 12.6 Å². The second-order valence-corrected chi connectivity index (χ2v) is 10.4. The highest BCUT2D eigenvalue weighted by Gasteiger charge is 2.22. The van der Waals surface area contributed by atoms with Crippen molar-refractivity contribution < 1.29 is 23.8 Å². The third kappa shape index (κ3) is 10.9. The molecule has 1 atom stereocenters. The normalized spacial score (nSPS) is 24.0. The van der Waals surface area contributed by atoms with Gasteiger partial charge in [-0.05, 0) is 6.54 Å². The molecule has 1 rings (SSSR count). The van der Waals surface area contributed by atoms with Gasteiger partial charge in [0.1, 0.15) is 6.29 Å². The lowest BCUT2D eigenvalue weighted by Gasteiger charge is -2.31. The molecule has 1 heterocycles. The quantitative estimate of drug-likeness (QED) is 0.464. The van der Waals surface area contributed by atoms with Crippen molar-refractivity contribution in [3.05, 3.63) is 0 Å². The molecule has 0 aliphatic carbocycles. The molecule has 0 saturated carbocycles. The lowest BCUT2D eigenvalue weighted by molar-refractivity contribution is 0.185. The summed E-state index contributed by atoms with van der Waals surface area (Å²) >= 11 is 0. The van der Waals surface area contributed by atoms with E-state index >= 15 is 0 Å². The molecule has 11 heteroatoms. The molecule has 1 fully saturated rings. The van der Waals surface area contributed by atoms with Crippen LogP contribution < -0.4 is 5.32 Å². The average Bonchev–Trinajstić information content (AvgIpc) is 2.42. The van der Waals surface area contributed by atoms with Crippen molar-refractivity contribution >= 4 is 15.0 Å². The Morgan fingerprint density at radius 3 is 1.75 bits per heavy atom. The molecular weight excluding hydrogens is 354 g/mol. The van der Waals surface area contributed by atoms with Crippen LogP contribution in [0.2, 0.25) is 0 Å². The first-order valence-corrected chi connectivity index (χ1v) is 12.4. The summed E-state index contributed by atoms with van der Waals surface area (Å²) in [5, 5.41) is 3.34. The minimum atomic E-state index is -4.13. The molecule has 9 nitrogen and oxygen atoms in total. The van der Waals surface area contributed by atoms with Crippen molar-refractivity contribution in [1.82, 2.24) is 20.0 Å². The summed E-state index contributed by atoms with van der Waals surface area (Å²) in [5.74, 6) is 0. The van der Waals surface area contributed by atoms with Gasteiger partial charge in [0.15, 0.2) is 0 Å². The summed E-state index contributed by atoms with van der Waals surface area (Å²) < 4.78 is 23.1. The highest BCUT2D eigenvalue weighted by molar-refractivity contribution is 7.57. The minimum absolute atomic E-state index is 0.0967. The molecule has 0 aromatic heterocycles. The molecule has 1 aliphatic heterocycles. The zero-order chi connectivity index (χ0) is 18.2. The Morgan fingerprint density at radius 1 is 0.833 bits per heavy atom. The second kappa shape index (κ2) is 10.4. The molecule has 4 N–H and O–H groups in total. The highest BCUT2D eigenvalue weighted by atomic mass is 31.2. The fourth-order valence-corrected chi connectivity index (χ4v) is 4.56. The van der Waals surface area contributed by atoms with Crippen LogP contribution >= 0.6 is 15.0 Å². The maximum Gasteiger partial charge on any atom is 0.339 e. The van der Waals surface area contributed by atoms with E-state index in [2.05, 4.69) is 17.1 Å². The van der Waals surface area contributed by atoms with Gasteiger partial charge in [0.05, 0.1) is 6.29 Å². The smallest absolute Gasteiger partial charge is 0.339 e. The van der Waals surface area contributed by atoms with Gasteiger partial charge in [-0.25, -0.2) is 0 Å². The van der Waals surface area contributed by atoms with Gasteiger partial charge in [-0.3, -0.25) is 18.9 Å². The Balaban J connectivity index is 2.74. The first-order valence-electron chi connectivity index (χ1n) is 8.31. The number of likely N-dealkylation sites (N-methyl/N-ethyl adjacent to an activating group) is 1. The standard InChI is InChI=1S/C13H32N4O5P2/c1-3-15-6-4-14-5-7-16(12-23(2,18)19)10-11-17(9-8-15)13-24(20,21)22/h14H,3-13H2,1-2H3,(H,18,19)(H2,20,21,22). The van der Waals surface area contributed by atoms with E-state index in [0.717, 1.165) is 32.7 Å². The van der Waals surface area contributed by atoms with E-state index in [1.807, 2.05) is 4.90 Å². The van der Waals surface area contributed by atoms with E-state index in [9.17, 15) is 23.8 Å². The van der Waals surface area contributed by atoms with Gasteiger partial charge >= 0.3 is 7.60 Å². The predicted octanol–water partition coefficient (Wildman–Crippen LogP) is -0.492. The molecule has 1 aliphatic rings. The van der Waals surface area contributed by atoms with Crippen LogP contribution in [-0.2, 0) is 9.13 Å². The van der Waals surface area contributed by atoms with Gasteiger partial charge < -0.3 is 24.9 Å². The average molecular weight is 386 g/mol. The summed E-state index contributed by atoms with van der Waals surface area (Å²) in [4.78, 5) is 34.1. The van der Waals surface area contributed by atoms with E-state index in [0.29, 0.717) is 26.2 Å². The van der Waals surface area contributed by atoms with Crippen LogP contribution in [-0.4, -0.2) is 108 Å². The van der Waals surface area contributed by atoms with Gasteiger partial charge in [0, 0.05) is 59.0 Å². The van der Waals surface area contributed by atoms with Crippen LogP contribution in [0.15, 0.2) is 0 Å². The largest absolute Gasteiger partial charge is 0.344 e. The molecule has 1 saturated heterocycles. The van der Waals surface area contributed by atoms with Crippen molar-refractivity contribution in [2.75, 3.05) is 78.1 Å². The van der Waals surface area contributed by atoms with Gasteiger partial charge in [-0.1, -0.05) is 6.92 Å². The van der Waals surface area contributed by atoms with E-state index in [1.165, 1.54) is 6.66 Å². The highest BCUT2D eigenvalue weighted by Crippen LogP contribution is 2.36. The SMILES string of the molecule is CCN1CCNCCN(CP(C)(=O)O)CCN(CP(=O)(O)O)CC1. The molecule has 0 aromatic carbocycles. The Morgan fingerprint density at radius 2 is 1.29 bits per heavy atom. The fourth-order valence-electron chi connectivity index (χ4n) is 2.73. The zero-order valence-electron chi connectivity index (χ0n) is 14.7. The van der Waals surface area contributed by atoms with Crippen LogP contribution in [0, 0.1) is 0 Å². The molecule has 0 radical (unpaired) electrons. The number of nitrogens with zero attached hydrogens (tertiary/aromatic N) is 3. The van der Waals surface area contributed by atoms with Gasteiger partial charge in [-0.2, -0.15) is 0 Å². The third-order valence-electron chi connectivity index (χ3n) is 3.97. The van der Waals surface area contributed by atoms with Crippen LogP contribution in [0.3, 0.4) is 0 Å². The van der Waals surface area contributed by atoms with E-state index in [1.54, 1.807) is 4.90 Å². The van der Waals surface area contributed by atoms with Crippen LogP contribution in [0.1, 0.15) is 6.92 Å². The molecule has 1 unspecified atom stereocenters. The maximum atomic E-state index is 11.7. The fraction of sp³-hybridized carbons (Fsp3) is 1.00. The van der Waals surface area contributed by atoms with Crippen molar-refractivity contribution in [2.24, 2.45) is 0 Å². The summed E-state index contributed by atoms with van der Waals surface area (Å²) in [6.07, 6.45) is -0.181. The summed E-state index contributed by atoms with van der Waals surface area (Å²) in [6.45, 7) is 9.61. The van der Waals surface area contributed by atoms with Gasteiger partial charge in [-0.15, -0.1) is 0 Å². The molecule has 0 amide bonds. The van der Waals surface area contributed by atoms with E-state index in [4.69, 9.17) is 0 Å². The molecular formula is C13H32N4O5P2. The number of nitrogens with one attached hydrogen (secondary N) is 1. The summed E-state index contributed by atoms with van der Waals surface area (Å²) in [6, 6.07) is 0. The van der Waals surface area contributed by atoms with Crippen LogP contribution in [0.4, 0.5) is 0 Å².